The molecular weight excluding hydrogens is 282 g/mol. The molecule has 0 aliphatic heterocycles. The Labute approximate surface area is 126 Å². The maximum absolute atomic E-state index is 12.3. The summed E-state index contributed by atoms with van der Waals surface area (Å²) < 4.78 is 10.1. The number of ether oxygens (including phenoxy) is 2. The van der Waals surface area contributed by atoms with E-state index in [9.17, 15) is 4.79 Å². The first kappa shape index (κ1) is 14.2. The Morgan fingerprint density at radius 3 is 2.45 bits per heavy atom. The van der Waals surface area contributed by atoms with Crippen molar-refractivity contribution < 1.29 is 14.6 Å². The molecule has 1 heterocycles. The van der Waals surface area contributed by atoms with Crippen molar-refractivity contribution in [2.75, 3.05) is 13.9 Å². The third-order valence-electron chi connectivity index (χ3n) is 3.43. The fourth-order valence-corrected chi connectivity index (χ4v) is 2.32. The molecule has 0 unspecified atom stereocenters. The van der Waals surface area contributed by atoms with Crippen molar-refractivity contribution in [1.82, 2.24) is 4.98 Å². The Bertz CT molecular complexity index is 853. The Kier molecular flexibility index (Phi) is 3.80. The Balaban J connectivity index is 2.08. The van der Waals surface area contributed by atoms with E-state index in [2.05, 4.69) is 4.98 Å². The van der Waals surface area contributed by atoms with Crippen LogP contribution in [0.5, 0.6) is 11.5 Å². The van der Waals surface area contributed by atoms with Crippen LogP contribution in [0.2, 0.25) is 0 Å². The molecule has 3 aromatic rings. The van der Waals surface area contributed by atoms with Crippen molar-refractivity contribution in [3.8, 4) is 22.8 Å². The molecule has 1 aromatic heterocycles. The number of hydrogen-bond acceptors (Lipinski definition) is 4. The summed E-state index contributed by atoms with van der Waals surface area (Å²) in [5.41, 5.74) is 2.23. The molecule has 0 fully saturated rings. The third-order valence-corrected chi connectivity index (χ3v) is 3.43. The maximum Gasteiger partial charge on any atom is 0.190 e. The predicted octanol–water partition coefficient (Wildman–Crippen LogP) is 2.53. The molecule has 0 amide bonds. The van der Waals surface area contributed by atoms with Crippen molar-refractivity contribution in [2.45, 2.75) is 0 Å². The second-order valence-electron chi connectivity index (χ2n) is 4.76. The number of benzene rings is 2. The van der Waals surface area contributed by atoms with Gasteiger partial charge < -0.3 is 19.6 Å². The first-order valence-corrected chi connectivity index (χ1v) is 6.76. The summed E-state index contributed by atoms with van der Waals surface area (Å²) >= 11 is 0. The molecule has 112 valence electrons. The van der Waals surface area contributed by atoms with Crippen LogP contribution >= 0.6 is 0 Å². The summed E-state index contributed by atoms with van der Waals surface area (Å²) in [6, 6.07) is 14.1. The zero-order chi connectivity index (χ0) is 15.5. The highest BCUT2D eigenvalue weighted by Gasteiger charge is 2.06. The van der Waals surface area contributed by atoms with Crippen LogP contribution < -0.4 is 14.9 Å². The van der Waals surface area contributed by atoms with Crippen molar-refractivity contribution in [2.24, 2.45) is 0 Å². The number of aromatic amines is 1. The molecule has 3 rings (SSSR count). The average molecular weight is 297 g/mol. The summed E-state index contributed by atoms with van der Waals surface area (Å²) in [6.45, 7) is -0.423. The minimum absolute atomic E-state index is 0.108. The minimum atomic E-state index is -0.423. The number of fused-ring (bicyclic) bond motifs is 1. The number of H-pyrrole nitrogens is 1. The molecule has 2 aromatic carbocycles. The first-order chi connectivity index (χ1) is 10.7. The molecule has 0 atom stereocenters. The topological polar surface area (TPSA) is 71.6 Å². The molecule has 2 N–H and O–H groups in total. The van der Waals surface area contributed by atoms with Gasteiger partial charge in [0.2, 0.25) is 0 Å². The zero-order valence-corrected chi connectivity index (χ0v) is 12.0. The number of hydrogen-bond donors (Lipinski definition) is 2. The van der Waals surface area contributed by atoms with E-state index in [0.717, 1.165) is 17.0 Å². The van der Waals surface area contributed by atoms with Gasteiger partial charge in [-0.2, -0.15) is 0 Å². The maximum atomic E-state index is 12.3. The van der Waals surface area contributed by atoms with Crippen LogP contribution in [0.15, 0.2) is 53.3 Å². The normalized spacial score (nSPS) is 10.6. The lowest BCUT2D eigenvalue weighted by molar-refractivity contribution is 0.0987. The van der Waals surface area contributed by atoms with Gasteiger partial charge in [-0.25, -0.2) is 0 Å². The van der Waals surface area contributed by atoms with Gasteiger partial charge in [0.05, 0.1) is 7.11 Å². The lowest BCUT2D eigenvalue weighted by Crippen LogP contribution is -2.04. The van der Waals surface area contributed by atoms with Crippen LogP contribution in [0.4, 0.5) is 0 Å². The van der Waals surface area contributed by atoms with Gasteiger partial charge in [-0.05, 0) is 48.0 Å². The summed E-state index contributed by atoms with van der Waals surface area (Å²) in [6.07, 6.45) is 0. The summed E-state index contributed by atoms with van der Waals surface area (Å²) in [5, 5.41) is 9.30. The van der Waals surface area contributed by atoms with Crippen LogP contribution in [0, 0.1) is 0 Å². The summed E-state index contributed by atoms with van der Waals surface area (Å²) in [4.78, 5) is 15.5. The lowest BCUT2D eigenvalue weighted by atomic mass is 10.1. The van der Waals surface area contributed by atoms with E-state index in [0.29, 0.717) is 16.7 Å². The molecule has 0 spiro atoms. The average Bonchev–Trinajstić information content (AvgIpc) is 2.55. The fourth-order valence-electron chi connectivity index (χ4n) is 2.32. The number of methoxy groups -OCH3 is 1. The number of aliphatic hydroxyl groups is 1. The fraction of sp³-hybridized carbons (Fsp3) is 0.118. The van der Waals surface area contributed by atoms with Crippen molar-refractivity contribution >= 4 is 10.9 Å². The van der Waals surface area contributed by atoms with E-state index in [1.54, 1.807) is 31.4 Å². The quantitative estimate of drug-likeness (QED) is 0.726. The van der Waals surface area contributed by atoms with Gasteiger partial charge in [-0.3, -0.25) is 4.79 Å². The molecule has 0 aliphatic carbocycles. The van der Waals surface area contributed by atoms with E-state index < -0.39 is 6.79 Å². The smallest absolute Gasteiger partial charge is 0.190 e. The standard InChI is InChI=1S/C17H15NO4/c1-21-12-4-2-11(3-5-12)16-9-17(20)14-8-13(22-10-19)6-7-15(14)18-16/h2-9,19H,10H2,1H3,(H,18,20). The van der Waals surface area contributed by atoms with Gasteiger partial charge in [0.15, 0.2) is 12.2 Å². The molecular formula is C17H15NO4. The SMILES string of the molecule is COc1ccc(-c2cc(=O)c3cc(OCO)ccc3[nH]2)cc1. The predicted molar refractivity (Wildman–Crippen MR) is 84.3 cm³/mol. The van der Waals surface area contributed by atoms with E-state index >= 15 is 0 Å². The Morgan fingerprint density at radius 1 is 1.05 bits per heavy atom. The molecule has 0 saturated carbocycles. The van der Waals surface area contributed by atoms with E-state index in [1.807, 2.05) is 24.3 Å². The highest BCUT2D eigenvalue weighted by molar-refractivity contribution is 5.82. The zero-order valence-electron chi connectivity index (χ0n) is 12.0. The van der Waals surface area contributed by atoms with E-state index in [-0.39, 0.29) is 5.43 Å². The van der Waals surface area contributed by atoms with Crippen molar-refractivity contribution in [1.29, 1.82) is 0 Å². The lowest BCUT2D eigenvalue weighted by Gasteiger charge is -2.07. The Hall–Kier alpha value is -2.79. The minimum Gasteiger partial charge on any atom is -0.497 e. The summed E-state index contributed by atoms with van der Waals surface area (Å²) in [7, 11) is 1.61. The molecule has 5 nitrogen and oxygen atoms in total. The van der Waals surface area contributed by atoms with Gasteiger partial charge in [-0.1, -0.05) is 0 Å². The highest BCUT2D eigenvalue weighted by atomic mass is 16.6. The monoisotopic (exact) mass is 297 g/mol. The van der Waals surface area contributed by atoms with Crippen LogP contribution in [-0.2, 0) is 0 Å². The van der Waals surface area contributed by atoms with Crippen LogP contribution in [0.25, 0.3) is 22.2 Å². The largest absolute Gasteiger partial charge is 0.497 e. The van der Waals surface area contributed by atoms with Crippen LogP contribution in [0.1, 0.15) is 0 Å². The van der Waals surface area contributed by atoms with Gasteiger partial charge in [-0.15, -0.1) is 0 Å². The van der Waals surface area contributed by atoms with Gasteiger partial charge in [0.25, 0.3) is 0 Å². The van der Waals surface area contributed by atoms with Gasteiger partial charge >= 0.3 is 0 Å². The van der Waals surface area contributed by atoms with Crippen LogP contribution in [-0.4, -0.2) is 24.0 Å². The van der Waals surface area contributed by atoms with Gasteiger partial charge in [0, 0.05) is 22.7 Å². The molecule has 0 aliphatic rings. The number of aromatic nitrogens is 1. The highest BCUT2D eigenvalue weighted by Crippen LogP contribution is 2.23. The van der Waals surface area contributed by atoms with Gasteiger partial charge in [0.1, 0.15) is 11.5 Å². The molecule has 5 heteroatoms. The van der Waals surface area contributed by atoms with Crippen molar-refractivity contribution in [3.63, 3.8) is 0 Å². The molecule has 0 bridgehead atoms. The number of nitrogens with one attached hydrogen (secondary N) is 1. The molecule has 22 heavy (non-hydrogen) atoms. The Morgan fingerprint density at radius 2 is 1.77 bits per heavy atom. The first-order valence-electron chi connectivity index (χ1n) is 6.76. The number of rotatable bonds is 4. The molecule has 0 radical (unpaired) electrons. The van der Waals surface area contributed by atoms with Crippen molar-refractivity contribution in [3.05, 3.63) is 58.8 Å². The van der Waals surface area contributed by atoms with E-state index in [4.69, 9.17) is 14.6 Å². The third kappa shape index (κ3) is 2.66. The number of aliphatic hydroxyl groups excluding tert-OH is 1. The van der Waals surface area contributed by atoms with Crippen LogP contribution in [0.3, 0.4) is 0 Å². The molecule has 0 saturated heterocycles. The second kappa shape index (κ2) is 5.91. The number of pyridine rings is 1. The van der Waals surface area contributed by atoms with E-state index in [1.165, 1.54) is 0 Å². The second-order valence-corrected chi connectivity index (χ2v) is 4.76. The summed E-state index contributed by atoms with van der Waals surface area (Å²) in [5.74, 6) is 1.22.